The number of benzene rings is 1. The van der Waals surface area contributed by atoms with Gasteiger partial charge in [-0.25, -0.2) is 8.42 Å². The maximum Gasteiger partial charge on any atom is 0.257 e. The molecule has 0 saturated carbocycles. The van der Waals surface area contributed by atoms with E-state index in [0.717, 1.165) is 18.2 Å². The van der Waals surface area contributed by atoms with E-state index >= 15 is 0 Å². The molecule has 1 atom stereocenters. The lowest BCUT2D eigenvalue weighted by molar-refractivity contribution is 0.0565. The van der Waals surface area contributed by atoms with Gasteiger partial charge < -0.3 is 9.32 Å². The van der Waals surface area contributed by atoms with E-state index in [9.17, 15) is 13.2 Å². The fraction of sp³-hybridized carbons (Fsp3) is 0.471. The molecule has 5 nitrogen and oxygen atoms in total. The van der Waals surface area contributed by atoms with E-state index < -0.39 is 9.84 Å². The largest absolute Gasteiger partial charge is 0.463 e. The molecule has 0 radical (unpaired) electrons. The van der Waals surface area contributed by atoms with Gasteiger partial charge in [0.15, 0.2) is 9.84 Å². The van der Waals surface area contributed by atoms with Crippen molar-refractivity contribution in [3.63, 3.8) is 0 Å². The van der Waals surface area contributed by atoms with E-state index in [2.05, 4.69) is 0 Å². The third-order valence-electron chi connectivity index (χ3n) is 5.13. The van der Waals surface area contributed by atoms with Crippen LogP contribution in [0.25, 0.3) is 11.0 Å². The van der Waals surface area contributed by atoms with Gasteiger partial charge in [-0.1, -0.05) is 18.2 Å². The first-order valence-corrected chi connectivity index (χ1v) is 9.76. The molecule has 0 N–H and O–H groups in total. The normalized spacial score (nSPS) is 26.9. The number of furan rings is 1. The average Bonchev–Trinajstić information content (AvgIpc) is 3.08. The van der Waals surface area contributed by atoms with Crippen molar-refractivity contribution < 1.29 is 17.6 Å². The summed E-state index contributed by atoms with van der Waals surface area (Å²) < 4.78 is 29.2. The Kier molecular flexibility index (Phi) is 3.27. The molecule has 1 unspecified atom stereocenters. The summed E-state index contributed by atoms with van der Waals surface area (Å²) in [6.45, 7) is 1.21. The van der Waals surface area contributed by atoms with Gasteiger partial charge in [-0.15, -0.1) is 0 Å². The SMILES string of the molecule is O=C(c1coc2ccccc12)N1CCCC2(CCS(=O)(=O)C2)C1. The predicted molar refractivity (Wildman–Crippen MR) is 87.1 cm³/mol. The fourth-order valence-corrected chi connectivity index (χ4v) is 6.20. The monoisotopic (exact) mass is 333 g/mol. The standard InChI is InChI=1S/C17H19NO4S/c19-16(14-10-22-15-5-2-1-4-13(14)15)18-8-3-6-17(11-18)7-9-23(20,21)12-17/h1-2,4-5,10H,3,6-9,11-12H2. The molecule has 4 rings (SSSR count). The van der Waals surface area contributed by atoms with Gasteiger partial charge in [0, 0.05) is 23.9 Å². The number of sulfone groups is 1. The van der Waals surface area contributed by atoms with Gasteiger partial charge in [0.05, 0.1) is 17.1 Å². The minimum atomic E-state index is -2.95. The van der Waals surface area contributed by atoms with Crippen molar-refractivity contribution in [1.82, 2.24) is 4.90 Å². The van der Waals surface area contributed by atoms with E-state index in [-0.39, 0.29) is 22.8 Å². The molecule has 1 amide bonds. The minimum absolute atomic E-state index is 0.0571. The van der Waals surface area contributed by atoms with Crippen molar-refractivity contribution in [3.05, 3.63) is 36.1 Å². The highest BCUT2D eigenvalue weighted by molar-refractivity contribution is 7.91. The van der Waals surface area contributed by atoms with Crippen LogP contribution >= 0.6 is 0 Å². The Morgan fingerprint density at radius 1 is 1.22 bits per heavy atom. The van der Waals surface area contributed by atoms with Gasteiger partial charge in [0.25, 0.3) is 5.91 Å². The van der Waals surface area contributed by atoms with Crippen LogP contribution in [0.5, 0.6) is 0 Å². The Bertz CT molecular complexity index is 870. The molecule has 23 heavy (non-hydrogen) atoms. The lowest BCUT2D eigenvalue weighted by Gasteiger charge is -2.39. The Labute approximate surface area is 135 Å². The topological polar surface area (TPSA) is 67.6 Å². The summed E-state index contributed by atoms with van der Waals surface area (Å²) in [7, 11) is -2.95. The number of nitrogens with zero attached hydrogens (tertiary/aromatic N) is 1. The van der Waals surface area contributed by atoms with Crippen LogP contribution in [0.3, 0.4) is 0 Å². The molecule has 3 heterocycles. The molecular formula is C17H19NO4S. The molecule has 2 aromatic rings. The zero-order chi connectivity index (χ0) is 16.1. The van der Waals surface area contributed by atoms with Crippen molar-refractivity contribution >= 4 is 26.7 Å². The van der Waals surface area contributed by atoms with Crippen LogP contribution < -0.4 is 0 Å². The summed E-state index contributed by atoms with van der Waals surface area (Å²) in [5.41, 5.74) is 1.02. The number of para-hydroxylation sites is 1. The number of fused-ring (bicyclic) bond motifs is 1. The zero-order valence-electron chi connectivity index (χ0n) is 12.8. The summed E-state index contributed by atoms with van der Waals surface area (Å²) in [5, 5.41) is 0.816. The molecule has 2 saturated heterocycles. The van der Waals surface area contributed by atoms with Crippen LogP contribution in [0.15, 0.2) is 34.9 Å². The molecule has 2 fully saturated rings. The molecule has 6 heteroatoms. The highest BCUT2D eigenvalue weighted by atomic mass is 32.2. The summed E-state index contributed by atoms with van der Waals surface area (Å²) >= 11 is 0. The molecule has 122 valence electrons. The molecule has 0 bridgehead atoms. The van der Waals surface area contributed by atoms with Crippen LogP contribution in [0.1, 0.15) is 29.6 Å². The molecule has 1 spiro atoms. The van der Waals surface area contributed by atoms with Gasteiger partial charge in [-0.05, 0) is 25.3 Å². The Balaban J connectivity index is 1.62. The van der Waals surface area contributed by atoms with Crippen molar-refractivity contribution in [3.8, 4) is 0 Å². The summed E-state index contributed by atoms with van der Waals surface area (Å²) in [6, 6.07) is 7.48. The van der Waals surface area contributed by atoms with Crippen LogP contribution in [-0.4, -0.2) is 43.8 Å². The third kappa shape index (κ3) is 2.55. The molecule has 2 aliphatic heterocycles. The number of rotatable bonds is 1. The molecule has 1 aromatic heterocycles. The van der Waals surface area contributed by atoms with Crippen molar-refractivity contribution in [2.24, 2.45) is 5.41 Å². The van der Waals surface area contributed by atoms with E-state index in [1.54, 1.807) is 0 Å². The number of likely N-dealkylation sites (tertiary alicyclic amines) is 1. The van der Waals surface area contributed by atoms with E-state index in [1.165, 1.54) is 6.26 Å². The van der Waals surface area contributed by atoms with Gasteiger partial charge in [-0.2, -0.15) is 0 Å². The number of carbonyl (C=O) groups is 1. The van der Waals surface area contributed by atoms with Crippen LogP contribution in [0.2, 0.25) is 0 Å². The third-order valence-corrected chi connectivity index (χ3v) is 7.01. The van der Waals surface area contributed by atoms with Gasteiger partial charge in [0.1, 0.15) is 11.8 Å². The highest BCUT2D eigenvalue weighted by Crippen LogP contribution is 2.40. The zero-order valence-corrected chi connectivity index (χ0v) is 13.6. The molecular weight excluding hydrogens is 314 g/mol. The number of hydrogen-bond donors (Lipinski definition) is 0. The Hall–Kier alpha value is -1.82. The first-order chi connectivity index (χ1) is 11.0. The van der Waals surface area contributed by atoms with E-state index in [1.807, 2.05) is 29.2 Å². The molecule has 1 aromatic carbocycles. The first kappa shape index (κ1) is 14.8. The quantitative estimate of drug-likeness (QED) is 0.804. The van der Waals surface area contributed by atoms with Gasteiger partial charge in [0.2, 0.25) is 0 Å². The lowest BCUT2D eigenvalue weighted by Crippen LogP contribution is -2.46. The van der Waals surface area contributed by atoms with Crippen LogP contribution in [-0.2, 0) is 9.84 Å². The molecule has 2 aliphatic rings. The van der Waals surface area contributed by atoms with Crippen molar-refractivity contribution in [2.75, 3.05) is 24.6 Å². The minimum Gasteiger partial charge on any atom is -0.463 e. The van der Waals surface area contributed by atoms with E-state index in [4.69, 9.17) is 4.42 Å². The summed E-state index contributed by atoms with van der Waals surface area (Å²) in [4.78, 5) is 14.7. The predicted octanol–water partition coefficient (Wildman–Crippen LogP) is 2.47. The highest BCUT2D eigenvalue weighted by Gasteiger charge is 2.45. The second-order valence-corrected chi connectivity index (χ2v) is 9.00. The Morgan fingerprint density at radius 3 is 2.83 bits per heavy atom. The number of amides is 1. The second kappa shape index (κ2) is 5.09. The lowest BCUT2D eigenvalue weighted by atomic mass is 9.79. The first-order valence-electron chi connectivity index (χ1n) is 7.94. The van der Waals surface area contributed by atoms with Crippen molar-refractivity contribution in [1.29, 1.82) is 0 Å². The summed E-state index contributed by atoms with van der Waals surface area (Å²) in [5.74, 6) is 0.415. The number of piperidine rings is 1. The second-order valence-electron chi connectivity index (χ2n) is 6.82. The number of hydrogen-bond acceptors (Lipinski definition) is 4. The van der Waals surface area contributed by atoms with Crippen molar-refractivity contribution in [2.45, 2.75) is 19.3 Å². The maximum atomic E-state index is 12.9. The summed E-state index contributed by atoms with van der Waals surface area (Å²) in [6.07, 6.45) is 3.93. The smallest absolute Gasteiger partial charge is 0.257 e. The maximum absolute atomic E-state index is 12.9. The van der Waals surface area contributed by atoms with Gasteiger partial charge >= 0.3 is 0 Å². The molecule has 0 aliphatic carbocycles. The number of carbonyl (C=O) groups excluding carboxylic acids is 1. The fourth-order valence-electron chi connectivity index (χ4n) is 4.00. The van der Waals surface area contributed by atoms with E-state index in [0.29, 0.717) is 30.7 Å². The van der Waals surface area contributed by atoms with Crippen LogP contribution in [0, 0.1) is 5.41 Å². The van der Waals surface area contributed by atoms with Crippen LogP contribution in [0.4, 0.5) is 0 Å². The average molecular weight is 333 g/mol. The Morgan fingerprint density at radius 2 is 2.04 bits per heavy atom. The van der Waals surface area contributed by atoms with Gasteiger partial charge in [-0.3, -0.25) is 4.79 Å².